The van der Waals surface area contributed by atoms with Gasteiger partial charge in [-0.3, -0.25) is 0 Å². The summed E-state index contributed by atoms with van der Waals surface area (Å²) in [7, 11) is -3.05. The van der Waals surface area contributed by atoms with Gasteiger partial charge < -0.3 is 14.7 Å². The molecule has 1 N–H and O–H groups in total. The molecule has 0 aliphatic carbocycles. The summed E-state index contributed by atoms with van der Waals surface area (Å²) in [4.78, 5) is 26.0. The van der Waals surface area contributed by atoms with Crippen LogP contribution in [0.2, 0.25) is 0 Å². The second-order valence-corrected chi connectivity index (χ2v) is 7.81. The minimum atomic E-state index is -3.05. The van der Waals surface area contributed by atoms with E-state index in [9.17, 15) is 13.2 Å². The van der Waals surface area contributed by atoms with E-state index in [0.29, 0.717) is 18.8 Å². The number of nitrogens with one attached hydrogen (secondary N) is 1. The highest BCUT2D eigenvalue weighted by Crippen LogP contribution is 2.18. The predicted octanol–water partition coefficient (Wildman–Crippen LogP) is 0.245. The Morgan fingerprint density at radius 1 is 1.36 bits per heavy atom. The molecule has 0 radical (unpaired) electrons. The van der Waals surface area contributed by atoms with Crippen molar-refractivity contribution in [2.45, 2.75) is 25.9 Å². The van der Waals surface area contributed by atoms with Crippen molar-refractivity contribution in [3.05, 3.63) is 24.4 Å². The number of rotatable bonds is 5. The van der Waals surface area contributed by atoms with Gasteiger partial charge in [0.2, 0.25) is 17.5 Å². The van der Waals surface area contributed by atoms with Gasteiger partial charge in [-0.05, 0) is 19.4 Å². The lowest BCUT2D eigenvalue weighted by molar-refractivity contribution is 0.182. The maximum atomic E-state index is 12.3. The zero-order valence-electron chi connectivity index (χ0n) is 13.6. The lowest BCUT2D eigenvalue weighted by atomic mass is 10.2. The molecule has 1 aliphatic rings. The van der Waals surface area contributed by atoms with E-state index < -0.39 is 9.84 Å². The van der Waals surface area contributed by atoms with Crippen LogP contribution in [0.3, 0.4) is 0 Å². The third kappa shape index (κ3) is 4.10. The van der Waals surface area contributed by atoms with Crippen LogP contribution in [0.1, 0.15) is 19.2 Å². The van der Waals surface area contributed by atoms with Crippen LogP contribution in [0.25, 0.3) is 11.6 Å². The first-order valence-electron chi connectivity index (χ1n) is 7.83. The van der Waals surface area contributed by atoms with Gasteiger partial charge in [-0.2, -0.15) is 4.98 Å². The fourth-order valence-corrected chi connectivity index (χ4v) is 4.40. The van der Waals surface area contributed by atoms with Crippen LogP contribution < -0.4 is 5.32 Å². The van der Waals surface area contributed by atoms with Crippen LogP contribution in [0.4, 0.5) is 4.79 Å². The molecule has 10 nitrogen and oxygen atoms in total. The summed E-state index contributed by atoms with van der Waals surface area (Å²) in [6.07, 6.45) is 3.59. The van der Waals surface area contributed by atoms with Crippen LogP contribution in [0, 0.1) is 0 Å². The largest absolute Gasteiger partial charge is 0.337 e. The van der Waals surface area contributed by atoms with Crippen molar-refractivity contribution in [2.24, 2.45) is 0 Å². The van der Waals surface area contributed by atoms with Gasteiger partial charge in [0.15, 0.2) is 9.84 Å². The first-order chi connectivity index (χ1) is 12.0. The van der Waals surface area contributed by atoms with E-state index in [2.05, 4.69) is 25.4 Å². The van der Waals surface area contributed by atoms with Crippen LogP contribution in [-0.2, 0) is 16.4 Å². The van der Waals surface area contributed by atoms with Gasteiger partial charge in [-0.15, -0.1) is 0 Å². The van der Waals surface area contributed by atoms with E-state index >= 15 is 0 Å². The average molecular weight is 366 g/mol. The zero-order valence-corrected chi connectivity index (χ0v) is 14.4. The molecule has 3 heterocycles. The molecular formula is C14H18N6O4S. The summed E-state index contributed by atoms with van der Waals surface area (Å²) in [6.45, 7) is 2.26. The second-order valence-electron chi connectivity index (χ2n) is 5.59. The number of sulfone groups is 1. The summed E-state index contributed by atoms with van der Waals surface area (Å²) >= 11 is 0. The molecule has 1 saturated heterocycles. The Morgan fingerprint density at radius 3 is 2.76 bits per heavy atom. The van der Waals surface area contributed by atoms with E-state index in [4.69, 9.17) is 4.52 Å². The molecule has 0 saturated carbocycles. The Balaban J connectivity index is 1.59. The Hall–Kier alpha value is -2.56. The van der Waals surface area contributed by atoms with Gasteiger partial charge in [0.1, 0.15) is 0 Å². The summed E-state index contributed by atoms with van der Waals surface area (Å²) in [6, 6.07) is 1.01. The standard InChI is InChI=1S/C14H18N6O4S/c1-2-20(10-4-7-25(22,23)9-10)14(21)17-8-11-18-13(19-24-11)12-15-5-3-6-16-12/h3,5-6,10H,2,4,7-9H2,1H3,(H,17,21). The Kier molecular flexibility index (Phi) is 4.93. The van der Waals surface area contributed by atoms with E-state index in [1.54, 1.807) is 18.5 Å². The molecule has 0 spiro atoms. The van der Waals surface area contributed by atoms with Crippen molar-refractivity contribution in [1.82, 2.24) is 30.3 Å². The molecule has 2 amide bonds. The molecule has 2 aromatic rings. The number of carbonyl (C=O) groups excluding carboxylic acids is 1. The molecule has 2 aromatic heterocycles. The summed E-state index contributed by atoms with van der Waals surface area (Å²) in [5.74, 6) is 0.899. The molecule has 11 heteroatoms. The Labute approximate surface area is 144 Å². The van der Waals surface area contributed by atoms with Crippen molar-refractivity contribution in [2.75, 3.05) is 18.1 Å². The SMILES string of the molecule is CCN(C(=O)NCc1nc(-c2ncccn2)no1)C1CCS(=O)(=O)C1. The van der Waals surface area contributed by atoms with E-state index in [0.717, 1.165) is 0 Å². The molecule has 0 bridgehead atoms. The monoisotopic (exact) mass is 366 g/mol. The number of amides is 2. The fourth-order valence-electron chi connectivity index (χ4n) is 2.67. The summed E-state index contributed by atoms with van der Waals surface area (Å²) in [5, 5.41) is 6.44. The molecule has 1 aliphatic heterocycles. The highest BCUT2D eigenvalue weighted by atomic mass is 32.2. The fraction of sp³-hybridized carbons (Fsp3) is 0.500. The van der Waals surface area contributed by atoms with Crippen LogP contribution in [0.5, 0.6) is 0 Å². The van der Waals surface area contributed by atoms with Crippen molar-refractivity contribution >= 4 is 15.9 Å². The molecule has 25 heavy (non-hydrogen) atoms. The lowest BCUT2D eigenvalue weighted by Gasteiger charge is -2.26. The lowest BCUT2D eigenvalue weighted by Crippen LogP contribution is -2.46. The molecule has 134 valence electrons. The Morgan fingerprint density at radius 2 is 2.12 bits per heavy atom. The van der Waals surface area contributed by atoms with Gasteiger partial charge in [0.05, 0.1) is 18.1 Å². The van der Waals surface area contributed by atoms with Gasteiger partial charge in [-0.25, -0.2) is 23.2 Å². The Bertz CT molecular complexity index is 838. The van der Waals surface area contributed by atoms with Crippen LogP contribution in [0.15, 0.2) is 23.0 Å². The van der Waals surface area contributed by atoms with Crippen molar-refractivity contribution < 1.29 is 17.7 Å². The van der Waals surface area contributed by atoms with E-state index in [1.807, 2.05) is 6.92 Å². The maximum absolute atomic E-state index is 12.3. The van der Waals surface area contributed by atoms with Crippen LogP contribution >= 0.6 is 0 Å². The smallest absolute Gasteiger partial charge is 0.318 e. The number of urea groups is 1. The van der Waals surface area contributed by atoms with Crippen molar-refractivity contribution in [3.8, 4) is 11.6 Å². The predicted molar refractivity (Wildman–Crippen MR) is 87.0 cm³/mol. The highest BCUT2D eigenvalue weighted by molar-refractivity contribution is 7.91. The number of hydrogen-bond acceptors (Lipinski definition) is 8. The molecule has 1 atom stereocenters. The quantitative estimate of drug-likeness (QED) is 0.796. The summed E-state index contributed by atoms with van der Waals surface area (Å²) in [5.41, 5.74) is 0. The van der Waals surface area contributed by atoms with E-state index in [1.165, 1.54) is 4.90 Å². The molecular weight excluding hydrogens is 348 g/mol. The van der Waals surface area contributed by atoms with Gasteiger partial charge in [0, 0.05) is 25.0 Å². The van der Waals surface area contributed by atoms with Gasteiger partial charge >= 0.3 is 6.03 Å². The minimum absolute atomic E-state index is 0.00428. The van der Waals surface area contributed by atoms with Crippen molar-refractivity contribution in [1.29, 1.82) is 0 Å². The molecule has 1 unspecified atom stereocenters. The number of nitrogens with zero attached hydrogens (tertiary/aromatic N) is 5. The zero-order chi connectivity index (χ0) is 17.9. The van der Waals surface area contributed by atoms with Gasteiger partial charge in [-0.1, -0.05) is 5.16 Å². The highest BCUT2D eigenvalue weighted by Gasteiger charge is 2.33. The minimum Gasteiger partial charge on any atom is -0.337 e. The number of carbonyl (C=O) groups is 1. The second kappa shape index (κ2) is 7.13. The number of aromatic nitrogens is 4. The van der Waals surface area contributed by atoms with Gasteiger partial charge in [0.25, 0.3) is 0 Å². The third-order valence-electron chi connectivity index (χ3n) is 3.88. The first kappa shape index (κ1) is 17.3. The first-order valence-corrected chi connectivity index (χ1v) is 9.65. The van der Waals surface area contributed by atoms with Crippen molar-refractivity contribution in [3.63, 3.8) is 0 Å². The molecule has 0 aromatic carbocycles. The maximum Gasteiger partial charge on any atom is 0.318 e. The number of hydrogen-bond donors (Lipinski definition) is 1. The molecule has 1 fully saturated rings. The normalized spacial score (nSPS) is 18.8. The topological polar surface area (TPSA) is 131 Å². The molecule has 3 rings (SSSR count). The average Bonchev–Trinajstić information content (AvgIpc) is 3.21. The summed E-state index contributed by atoms with van der Waals surface area (Å²) < 4.78 is 28.3. The third-order valence-corrected chi connectivity index (χ3v) is 5.63. The van der Waals surface area contributed by atoms with Crippen LogP contribution in [-0.4, -0.2) is 63.5 Å². The van der Waals surface area contributed by atoms with E-state index in [-0.39, 0.29) is 41.8 Å².